The van der Waals surface area contributed by atoms with Gasteiger partial charge < -0.3 is 10.6 Å². The highest BCUT2D eigenvalue weighted by molar-refractivity contribution is 5.81. The van der Waals surface area contributed by atoms with Crippen molar-refractivity contribution in [3.8, 4) is 0 Å². The van der Waals surface area contributed by atoms with Crippen LogP contribution in [-0.4, -0.2) is 25.0 Å². The lowest BCUT2D eigenvalue weighted by Crippen LogP contribution is -2.48. The largest absolute Gasteiger partial charge is 0.355 e. The second-order valence-corrected chi connectivity index (χ2v) is 5.86. The van der Waals surface area contributed by atoms with Crippen molar-refractivity contribution in [2.24, 2.45) is 5.92 Å². The van der Waals surface area contributed by atoms with Crippen molar-refractivity contribution in [3.05, 3.63) is 0 Å². The molecule has 0 bridgehead atoms. The van der Waals surface area contributed by atoms with Gasteiger partial charge in [0.25, 0.3) is 0 Å². The smallest absolute Gasteiger partial charge is 0.237 e. The fourth-order valence-electron chi connectivity index (χ4n) is 2.81. The SMILES string of the molecule is CCCCCCCCNC(=O)C1CC(CC)CCN1. The van der Waals surface area contributed by atoms with Crippen molar-refractivity contribution >= 4 is 5.91 Å². The quantitative estimate of drug-likeness (QED) is 0.630. The van der Waals surface area contributed by atoms with Gasteiger partial charge in [-0.3, -0.25) is 4.79 Å². The van der Waals surface area contributed by atoms with E-state index >= 15 is 0 Å². The summed E-state index contributed by atoms with van der Waals surface area (Å²) in [7, 11) is 0. The number of unbranched alkanes of at least 4 members (excludes halogenated alkanes) is 5. The van der Waals surface area contributed by atoms with E-state index in [4.69, 9.17) is 0 Å². The number of hydrogen-bond acceptors (Lipinski definition) is 2. The molecule has 3 heteroatoms. The summed E-state index contributed by atoms with van der Waals surface area (Å²) in [5.74, 6) is 0.942. The van der Waals surface area contributed by atoms with Crippen LogP contribution in [0.25, 0.3) is 0 Å². The molecule has 1 saturated heterocycles. The molecule has 112 valence electrons. The average molecular weight is 268 g/mol. The lowest BCUT2D eigenvalue weighted by molar-refractivity contribution is -0.124. The van der Waals surface area contributed by atoms with Gasteiger partial charge in [-0.1, -0.05) is 52.4 Å². The Bertz CT molecular complexity index is 243. The van der Waals surface area contributed by atoms with E-state index in [-0.39, 0.29) is 11.9 Å². The topological polar surface area (TPSA) is 41.1 Å². The summed E-state index contributed by atoms with van der Waals surface area (Å²) in [6.45, 7) is 6.30. The number of piperidine rings is 1. The van der Waals surface area contributed by atoms with Crippen molar-refractivity contribution in [2.75, 3.05) is 13.1 Å². The number of hydrogen-bond donors (Lipinski definition) is 2. The van der Waals surface area contributed by atoms with Crippen molar-refractivity contribution in [3.63, 3.8) is 0 Å². The highest BCUT2D eigenvalue weighted by Gasteiger charge is 2.25. The van der Waals surface area contributed by atoms with E-state index in [2.05, 4.69) is 24.5 Å². The first-order valence-corrected chi connectivity index (χ1v) is 8.29. The van der Waals surface area contributed by atoms with Crippen LogP contribution in [0.3, 0.4) is 0 Å². The summed E-state index contributed by atoms with van der Waals surface area (Å²) in [4.78, 5) is 12.0. The molecule has 0 radical (unpaired) electrons. The van der Waals surface area contributed by atoms with E-state index in [1.54, 1.807) is 0 Å². The molecule has 2 unspecified atom stereocenters. The first kappa shape index (κ1) is 16.5. The lowest BCUT2D eigenvalue weighted by Gasteiger charge is -2.28. The number of amides is 1. The molecule has 0 aliphatic carbocycles. The third kappa shape index (κ3) is 6.95. The zero-order valence-corrected chi connectivity index (χ0v) is 12.8. The first-order valence-electron chi connectivity index (χ1n) is 8.29. The number of carbonyl (C=O) groups excluding carboxylic acids is 1. The fourth-order valence-corrected chi connectivity index (χ4v) is 2.81. The molecule has 0 saturated carbocycles. The van der Waals surface area contributed by atoms with Gasteiger partial charge >= 0.3 is 0 Å². The van der Waals surface area contributed by atoms with Crippen molar-refractivity contribution in [1.82, 2.24) is 10.6 Å². The predicted octanol–water partition coefficient (Wildman–Crippen LogP) is 3.24. The van der Waals surface area contributed by atoms with E-state index in [1.165, 1.54) is 44.9 Å². The molecule has 2 N–H and O–H groups in total. The zero-order valence-electron chi connectivity index (χ0n) is 12.8. The molecule has 0 spiro atoms. The van der Waals surface area contributed by atoms with Gasteiger partial charge in [-0.2, -0.15) is 0 Å². The summed E-state index contributed by atoms with van der Waals surface area (Å²) in [5.41, 5.74) is 0. The van der Waals surface area contributed by atoms with Crippen molar-refractivity contribution in [1.29, 1.82) is 0 Å². The Morgan fingerprint density at radius 1 is 1.16 bits per heavy atom. The Morgan fingerprint density at radius 2 is 1.89 bits per heavy atom. The number of carbonyl (C=O) groups is 1. The number of rotatable bonds is 9. The maximum absolute atomic E-state index is 12.0. The molecule has 0 aromatic heterocycles. The van der Waals surface area contributed by atoms with Crippen LogP contribution in [0.4, 0.5) is 0 Å². The summed E-state index contributed by atoms with van der Waals surface area (Å²) in [5, 5.41) is 6.43. The fraction of sp³-hybridized carbons (Fsp3) is 0.938. The van der Waals surface area contributed by atoms with E-state index in [0.717, 1.165) is 31.8 Å². The molecule has 0 aromatic rings. The third-order valence-corrected chi connectivity index (χ3v) is 4.24. The van der Waals surface area contributed by atoms with Crippen LogP contribution in [0.5, 0.6) is 0 Å². The molecule has 1 rings (SSSR count). The molecule has 19 heavy (non-hydrogen) atoms. The van der Waals surface area contributed by atoms with Crippen LogP contribution < -0.4 is 10.6 Å². The average Bonchev–Trinajstić information content (AvgIpc) is 2.46. The predicted molar refractivity (Wildman–Crippen MR) is 81.2 cm³/mol. The van der Waals surface area contributed by atoms with Crippen LogP contribution in [0, 0.1) is 5.92 Å². The van der Waals surface area contributed by atoms with Crippen LogP contribution in [0.1, 0.15) is 71.6 Å². The summed E-state index contributed by atoms with van der Waals surface area (Å²) < 4.78 is 0. The second kappa shape index (κ2) is 10.2. The van der Waals surface area contributed by atoms with E-state index in [0.29, 0.717) is 0 Å². The third-order valence-electron chi connectivity index (χ3n) is 4.24. The van der Waals surface area contributed by atoms with Gasteiger partial charge in [-0.05, 0) is 31.7 Å². The zero-order chi connectivity index (χ0) is 13.9. The summed E-state index contributed by atoms with van der Waals surface area (Å²) >= 11 is 0. The standard InChI is InChI=1S/C16H32N2O/c1-3-5-6-7-8-9-11-18-16(19)15-13-14(4-2)10-12-17-15/h14-15,17H,3-13H2,1-2H3,(H,18,19). The highest BCUT2D eigenvalue weighted by Crippen LogP contribution is 2.19. The van der Waals surface area contributed by atoms with Gasteiger partial charge in [0, 0.05) is 6.54 Å². The van der Waals surface area contributed by atoms with Gasteiger partial charge in [0.05, 0.1) is 6.04 Å². The Kier molecular flexibility index (Phi) is 8.89. The molecule has 3 nitrogen and oxygen atoms in total. The minimum absolute atomic E-state index is 0.0544. The molecule has 1 fully saturated rings. The minimum atomic E-state index is 0.0544. The van der Waals surface area contributed by atoms with E-state index in [9.17, 15) is 4.79 Å². The van der Waals surface area contributed by atoms with Crippen LogP contribution in [-0.2, 0) is 4.79 Å². The molecule has 1 aliphatic heterocycles. The lowest BCUT2D eigenvalue weighted by atomic mass is 9.90. The minimum Gasteiger partial charge on any atom is -0.355 e. The van der Waals surface area contributed by atoms with Gasteiger partial charge in [-0.25, -0.2) is 0 Å². The summed E-state index contributed by atoms with van der Waals surface area (Å²) in [6.07, 6.45) is 11.1. The Balaban J connectivity index is 2.04. The first-order chi connectivity index (χ1) is 9.27. The normalized spacial score (nSPS) is 23.3. The van der Waals surface area contributed by atoms with Gasteiger partial charge in [0.1, 0.15) is 0 Å². The van der Waals surface area contributed by atoms with Crippen LogP contribution >= 0.6 is 0 Å². The molecule has 1 heterocycles. The van der Waals surface area contributed by atoms with Gasteiger partial charge in [0.2, 0.25) is 5.91 Å². The molecule has 0 aromatic carbocycles. The molecule has 1 aliphatic rings. The van der Waals surface area contributed by atoms with Crippen LogP contribution in [0.2, 0.25) is 0 Å². The van der Waals surface area contributed by atoms with Gasteiger partial charge in [-0.15, -0.1) is 0 Å². The maximum atomic E-state index is 12.0. The molecular formula is C16H32N2O. The molecular weight excluding hydrogens is 236 g/mol. The monoisotopic (exact) mass is 268 g/mol. The second-order valence-electron chi connectivity index (χ2n) is 5.86. The molecule has 1 amide bonds. The van der Waals surface area contributed by atoms with E-state index < -0.39 is 0 Å². The van der Waals surface area contributed by atoms with Crippen molar-refractivity contribution in [2.45, 2.75) is 77.7 Å². The Labute approximate surface area is 118 Å². The van der Waals surface area contributed by atoms with E-state index in [1.807, 2.05) is 0 Å². The maximum Gasteiger partial charge on any atom is 0.237 e. The summed E-state index contributed by atoms with van der Waals surface area (Å²) in [6, 6.07) is 0.0544. The number of nitrogens with one attached hydrogen (secondary N) is 2. The highest BCUT2D eigenvalue weighted by atomic mass is 16.2. The molecule has 2 atom stereocenters. The van der Waals surface area contributed by atoms with Crippen molar-refractivity contribution < 1.29 is 4.79 Å². The van der Waals surface area contributed by atoms with Crippen LogP contribution in [0.15, 0.2) is 0 Å². The Hall–Kier alpha value is -0.570. The Morgan fingerprint density at radius 3 is 2.63 bits per heavy atom. The van der Waals surface area contributed by atoms with Gasteiger partial charge in [0.15, 0.2) is 0 Å².